The van der Waals surface area contributed by atoms with E-state index in [1.807, 2.05) is 13.8 Å². The molecule has 0 radical (unpaired) electrons. The molecule has 1 aliphatic carbocycles. The van der Waals surface area contributed by atoms with Gasteiger partial charge in [0.2, 0.25) is 0 Å². The van der Waals surface area contributed by atoms with Gasteiger partial charge < -0.3 is 19.9 Å². The molecule has 2 aliphatic rings. The van der Waals surface area contributed by atoms with Crippen molar-refractivity contribution in [3.63, 3.8) is 0 Å². The quantitative estimate of drug-likeness (QED) is 0.729. The normalized spacial score (nSPS) is 20.9. The number of hydrogen-bond acceptors (Lipinski definition) is 6. The van der Waals surface area contributed by atoms with Gasteiger partial charge in [0.15, 0.2) is 17.3 Å². The molecule has 1 aromatic carbocycles. The van der Waals surface area contributed by atoms with Crippen LogP contribution in [0.2, 0.25) is 0 Å². The Morgan fingerprint density at radius 2 is 1.97 bits per heavy atom. The van der Waals surface area contributed by atoms with Crippen molar-refractivity contribution in [3.8, 4) is 11.5 Å². The summed E-state index contributed by atoms with van der Waals surface area (Å²) in [5, 5.41) is 13.4. The number of Topliss-reactive ketones (excluding diaryl/α,β-unsaturated/α-hetero) is 1. The lowest BCUT2D eigenvalue weighted by atomic mass is 9.68. The number of allylic oxidation sites excluding steroid dienone is 3. The first-order chi connectivity index (χ1) is 13.7. The molecule has 1 atom stereocenters. The highest BCUT2D eigenvalue weighted by molar-refractivity contribution is 6.04. The highest BCUT2D eigenvalue weighted by atomic mass is 16.5. The number of rotatable bonds is 5. The fourth-order valence-electron chi connectivity index (χ4n) is 4.23. The minimum atomic E-state index is -0.561. The van der Waals surface area contributed by atoms with E-state index in [-0.39, 0.29) is 23.6 Å². The third-order valence-corrected chi connectivity index (χ3v) is 5.35. The first kappa shape index (κ1) is 21.0. The van der Waals surface area contributed by atoms with Gasteiger partial charge in [0.1, 0.15) is 0 Å². The molecule has 0 unspecified atom stereocenters. The number of ketones is 1. The Labute approximate surface area is 171 Å². The van der Waals surface area contributed by atoms with Crippen LogP contribution in [0, 0.1) is 5.41 Å². The Bertz CT molecular complexity index is 910. The number of phenolic OH excluding ortho intramolecular Hbond substituents is 1. The Morgan fingerprint density at radius 3 is 2.62 bits per heavy atom. The maximum atomic E-state index is 13.2. The third-order valence-electron chi connectivity index (χ3n) is 5.35. The molecule has 3 rings (SSSR count). The molecule has 0 saturated heterocycles. The van der Waals surface area contributed by atoms with Crippen LogP contribution in [0.5, 0.6) is 11.5 Å². The SMILES string of the molecule is CCOC(=O)C1=C(C)NC2=C(C(=O)CC(C)(C)C2)[C@@H]1c1ccc(O)c(OCC)c1. The third kappa shape index (κ3) is 4.02. The number of esters is 1. The number of dihydropyridines is 1. The zero-order valence-electron chi connectivity index (χ0n) is 17.7. The Balaban J connectivity index is 2.19. The molecule has 1 aliphatic heterocycles. The van der Waals surface area contributed by atoms with E-state index in [1.54, 1.807) is 19.1 Å². The molecular weight excluding hydrogens is 370 g/mol. The van der Waals surface area contributed by atoms with E-state index in [0.717, 1.165) is 11.3 Å². The van der Waals surface area contributed by atoms with Gasteiger partial charge in [-0.15, -0.1) is 0 Å². The first-order valence-corrected chi connectivity index (χ1v) is 10.0. The molecule has 0 aromatic heterocycles. The minimum Gasteiger partial charge on any atom is -0.504 e. The predicted molar refractivity (Wildman–Crippen MR) is 110 cm³/mol. The Kier molecular flexibility index (Phi) is 5.73. The van der Waals surface area contributed by atoms with Gasteiger partial charge in [-0.25, -0.2) is 4.79 Å². The summed E-state index contributed by atoms with van der Waals surface area (Å²) in [6.07, 6.45) is 1.13. The second kappa shape index (κ2) is 7.93. The van der Waals surface area contributed by atoms with Crippen molar-refractivity contribution < 1.29 is 24.2 Å². The number of carbonyl (C=O) groups is 2. The van der Waals surface area contributed by atoms with Gasteiger partial charge in [-0.1, -0.05) is 19.9 Å². The standard InChI is InChI=1S/C23H29NO5/c1-6-28-18-10-14(8-9-16(18)25)20-19(22(27)29-7-2)13(3)24-15-11-23(4,5)12-17(26)21(15)20/h8-10,20,24-25H,6-7,11-12H2,1-5H3/t20-/m1/s1. The van der Waals surface area contributed by atoms with Crippen molar-refractivity contribution in [3.05, 3.63) is 46.3 Å². The molecule has 6 heteroatoms. The molecule has 0 amide bonds. The van der Waals surface area contributed by atoms with Crippen molar-refractivity contribution in [1.29, 1.82) is 0 Å². The van der Waals surface area contributed by atoms with Gasteiger partial charge in [0.05, 0.1) is 18.8 Å². The van der Waals surface area contributed by atoms with Gasteiger partial charge in [-0.05, 0) is 50.3 Å². The van der Waals surface area contributed by atoms with Crippen molar-refractivity contribution in [2.24, 2.45) is 5.41 Å². The van der Waals surface area contributed by atoms with Gasteiger partial charge in [-0.3, -0.25) is 4.79 Å². The van der Waals surface area contributed by atoms with Crippen LogP contribution in [-0.2, 0) is 14.3 Å². The van der Waals surface area contributed by atoms with Crippen LogP contribution in [-0.4, -0.2) is 30.1 Å². The van der Waals surface area contributed by atoms with Crippen LogP contribution in [0.1, 0.15) is 58.9 Å². The van der Waals surface area contributed by atoms with Crippen LogP contribution >= 0.6 is 0 Å². The monoisotopic (exact) mass is 399 g/mol. The van der Waals surface area contributed by atoms with E-state index in [0.29, 0.717) is 42.0 Å². The summed E-state index contributed by atoms with van der Waals surface area (Å²) < 4.78 is 10.8. The number of nitrogens with one attached hydrogen (secondary N) is 1. The second-order valence-corrected chi connectivity index (χ2v) is 8.31. The average molecular weight is 399 g/mol. The molecule has 1 heterocycles. The fraction of sp³-hybridized carbons (Fsp3) is 0.478. The summed E-state index contributed by atoms with van der Waals surface area (Å²) in [7, 11) is 0. The van der Waals surface area contributed by atoms with E-state index in [9.17, 15) is 14.7 Å². The summed E-state index contributed by atoms with van der Waals surface area (Å²) in [5.74, 6) is -0.635. The molecule has 0 saturated carbocycles. The van der Waals surface area contributed by atoms with E-state index in [2.05, 4.69) is 19.2 Å². The molecule has 156 valence electrons. The van der Waals surface area contributed by atoms with Crippen LogP contribution in [0.3, 0.4) is 0 Å². The number of carbonyl (C=O) groups excluding carboxylic acids is 2. The predicted octanol–water partition coefficient (Wildman–Crippen LogP) is 3.96. The number of phenols is 1. The molecule has 0 spiro atoms. The molecular formula is C23H29NO5. The zero-order chi connectivity index (χ0) is 21.3. The number of aromatic hydroxyl groups is 1. The van der Waals surface area contributed by atoms with Gasteiger partial charge in [-0.2, -0.15) is 0 Å². The number of hydrogen-bond donors (Lipinski definition) is 2. The summed E-state index contributed by atoms with van der Waals surface area (Å²) >= 11 is 0. The Morgan fingerprint density at radius 1 is 1.24 bits per heavy atom. The average Bonchev–Trinajstić information content (AvgIpc) is 2.61. The minimum absolute atomic E-state index is 0.0215. The molecule has 1 aromatic rings. The summed E-state index contributed by atoms with van der Waals surface area (Å²) in [6.45, 7) is 10.2. The van der Waals surface area contributed by atoms with Crippen LogP contribution < -0.4 is 10.1 Å². The summed E-state index contributed by atoms with van der Waals surface area (Å²) in [6, 6.07) is 4.98. The van der Waals surface area contributed by atoms with Crippen molar-refractivity contribution in [2.75, 3.05) is 13.2 Å². The van der Waals surface area contributed by atoms with Crippen LogP contribution in [0.4, 0.5) is 0 Å². The van der Waals surface area contributed by atoms with Crippen molar-refractivity contribution >= 4 is 11.8 Å². The largest absolute Gasteiger partial charge is 0.504 e. The van der Waals surface area contributed by atoms with Gasteiger partial charge >= 0.3 is 5.97 Å². The lowest BCUT2D eigenvalue weighted by Gasteiger charge is -2.39. The van der Waals surface area contributed by atoms with E-state index in [4.69, 9.17) is 9.47 Å². The van der Waals surface area contributed by atoms with E-state index < -0.39 is 11.9 Å². The van der Waals surface area contributed by atoms with E-state index >= 15 is 0 Å². The molecule has 0 fully saturated rings. The topological polar surface area (TPSA) is 84.9 Å². The molecule has 6 nitrogen and oxygen atoms in total. The number of ether oxygens (including phenoxy) is 2. The van der Waals surface area contributed by atoms with Gasteiger partial charge in [0.25, 0.3) is 0 Å². The molecule has 2 N–H and O–H groups in total. The highest BCUT2D eigenvalue weighted by Gasteiger charge is 2.43. The second-order valence-electron chi connectivity index (χ2n) is 8.31. The van der Waals surface area contributed by atoms with E-state index in [1.165, 1.54) is 6.07 Å². The highest BCUT2D eigenvalue weighted by Crippen LogP contribution is 2.47. The van der Waals surface area contributed by atoms with Crippen molar-refractivity contribution in [1.82, 2.24) is 5.32 Å². The lowest BCUT2D eigenvalue weighted by molar-refractivity contribution is -0.138. The Hall–Kier alpha value is -2.76. The van der Waals surface area contributed by atoms with Crippen LogP contribution in [0.15, 0.2) is 40.7 Å². The summed E-state index contributed by atoms with van der Waals surface area (Å²) in [5.41, 5.74) is 3.13. The van der Waals surface area contributed by atoms with Crippen molar-refractivity contribution in [2.45, 2.75) is 53.4 Å². The number of benzene rings is 1. The van der Waals surface area contributed by atoms with Gasteiger partial charge in [0, 0.05) is 29.3 Å². The fourth-order valence-corrected chi connectivity index (χ4v) is 4.23. The summed E-state index contributed by atoms with van der Waals surface area (Å²) in [4.78, 5) is 26.0. The maximum absolute atomic E-state index is 13.2. The molecule has 0 bridgehead atoms. The lowest BCUT2D eigenvalue weighted by Crippen LogP contribution is -2.38. The molecule has 29 heavy (non-hydrogen) atoms. The van der Waals surface area contributed by atoms with Crippen LogP contribution in [0.25, 0.3) is 0 Å². The smallest absolute Gasteiger partial charge is 0.336 e. The maximum Gasteiger partial charge on any atom is 0.336 e. The first-order valence-electron chi connectivity index (χ1n) is 10.0. The zero-order valence-corrected chi connectivity index (χ0v) is 17.7.